The van der Waals surface area contributed by atoms with Crippen LogP contribution in [0.4, 0.5) is 0 Å². The second kappa shape index (κ2) is 4.30. The molecule has 3 heteroatoms. The summed E-state index contributed by atoms with van der Waals surface area (Å²) < 4.78 is 0. The third-order valence-electron chi connectivity index (χ3n) is 3.78. The molecule has 2 aliphatic rings. The fourth-order valence-electron chi connectivity index (χ4n) is 2.96. The van der Waals surface area contributed by atoms with E-state index in [1.165, 1.54) is 25.7 Å². The topological polar surface area (TPSA) is 55.1 Å². The summed E-state index contributed by atoms with van der Waals surface area (Å²) in [5, 5.41) is 3.41. The number of carbonyl (C=O) groups excluding carboxylic acids is 1. The van der Waals surface area contributed by atoms with Gasteiger partial charge in [0.1, 0.15) is 0 Å². The number of primary amides is 1. The van der Waals surface area contributed by atoms with E-state index in [2.05, 4.69) is 5.32 Å². The average molecular weight is 196 g/mol. The van der Waals surface area contributed by atoms with Crippen LogP contribution >= 0.6 is 0 Å². The molecule has 1 saturated carbocycles. The maximum absolute atomic E-state index is 11.2. The predicted octanol–water partition coefficient (Wildman–Crippen LogP) is 1.03. The van der Waals surface area contributed by atoms with Crippen molar-refractivity contribution in [2.45, 2.75) is 44.6 Å². The van der Waals surface area contributed by atoms with Gasteiger partial charge in [0.2, 0.25) is 5.91 Å². The molecule has 3 N–H and O–H groups in total. The maximum Gasteiger partial charge on any atom is 0.222 e. The van der Waals surface area contributed by atoms with Crippen molar-refractivity contribution in [1.29, 1.82) is 0 Å². The van der Waals surface area contributed by atoms with Gasteiger partial charge in [-0.3, -0.25) is 4.79 Å². The van der Waals surface area contributed by atoms with Crippen molar-refractivity contribution in [3.63, 3.8) is 0 Å². The maximum atomic E-state index is 11.2. The number of amides is 1. The molecule has 0 aromatic rings. The van der Waals surface area contributed by atoms with Crippen LogP contribution in [0.25, 0.3) is 0 Å². The molecule has 2 rings (SSSR count). The van der Waals surface area contributed by atoms with Crippen LogP contribution in [0.1, 0.15) is 38.5 Å². The largest absolute Gasteiger partial charge is 0.369 e. The van der Waals surface area contributed by atoms with E-state index in [9.17, 15) is 4.79 Å². The molecule has 2 unspecified atom stereocenters. The summed E-state index contributed by atoms with van der Waals surface area (Å²) in [6.07, 6.45) is 7.55. The van der Waals surface area contributed by atoms with Crippen LogP contribution in [-0.4, -0.2) is 18.5 Å². The predicted molar refractivity (Wildman–Crippen MR) is 55.7 cm³/mol. The SMILES string of the molecule is NC(=O)C1CCNC1CC1CCCC1. The lowest BCUT2D eigenvalue weighted by atomic mass is 9.90. The Kier molecular flexibility index (Phi) is 3.06. The van der Waals surface area contributed by atoms with Crippen LogP contribution in [0, 0.1) is 11.8 Å². The van der Waals surface area contributed by atoms with Gasteiger partial charge in [-0.05, 0) is 25.3 Å². The number of hydrogen-bond acceptors (Lipinski definition) is 2. The number of carbonyl (C=O) groups is 1. The summed E-state index contributed by atoms with van der Waals surface area (Å²) >= 11 is 0. The fourth-order valence-corrected chi connectivity index (χ4v) is 2.96. The van der Waals surface area contributed by atoms with Gasteiger partial charge in [-0.1, -0.05) is 25.7 Å². The van der Waals surface area contributed by atoms with Gasteiger partial charge < -0.3 is 11.1 Å². The molecule has 0 spiro atoms. The van der Waals surface area contributed by atoms with Crippen LogP contribution < -0.4 is 11.1 Å². The first-order valence-electron chi connectivity index (χ1n) is 5.80. The minimum Gasteiger partial charge on any atom is -0.369 e. The van der Waals surface area contributed by atoms with Crippen molar-refractivity contribution in [1.82, 2.24) is 5.32 Å². The zero-order valence-corrected chi connectivity index (χ0v) is 8.67. The van der Waals surface area contributed by atoms with Crippen molar-refractivity contribution < 1.29 is 4.79 Å². The zero-order valence-electron chi connectivity index (χ0n) is 8.67. The van der Waals surface area contributed by atoms with E-state index in [1.807, 2.05) is 0 Å². The first-order valence-corrected chi connectivity index (χ1v) is 5.80. The monoisotopic (exact) mass is 196 g/mol. The lowest BCUT2D eigenvalue weighted by Gasteiger charge is -2.20. The molecule has 2 atom stereocenters. The van der Waals surface area contributed by atoms with E-state index >= 15 is 0 Å². The molecule has 14 heavy (non-hydrogen) atoms. The van der Waals surface area contributed by atoms with E-state index in [4.69, 9.17) is 5.73 Å². The Bertz CT molecular complexity index is 211. The Labute approximate surface area is 85.4 Å². The third-order valence-corrected chi connectivity index (χ3v) is 3.78. The Morgan fingerprint density at radius 1 is 1.29 bits per heavy atom. The second-order valence-corrected chi connectivity index (χ2v) is 4.74. The highest BCUT2D eigenvalue weighted by molar-refractivity contribution is 5.77. The van der Waals surface area contributed by atoms with Gasteiger partial charge in [0.25, 0.3) is 0 Å². The highest BCUT2D eigenvalue weighted by Gasteiger charge is 2.33. The van der Waals surface area contributed by atoms with E-state index in [-0.39, 0.29) is 11.8 Å². The van der Waals surface area contributed by atoms with Gasteiger partial charge in [0, 0.05) is 6.04 Å². The van der Waals surface area contributed by atoms with Crippen molar-refractivity contribution in [2.24, 2.45) is 17.6 Å². The van der Waals surface area contributed by atoms with E-state index < -0.39 is 0 Å². The summed E-state index contributed by atoms with van der Waals surface area (Å²) in [6, 6.07) is 0.371. The highest BCUT2D eigenvalue weighted by atomic mass is 16.1. The van der Waals surface area contributed by atoms with Gasteiger partial charge in [-0.15, -0.1) is 0 Å². The van der Waals surface area contributed by atoms with Crippen molar-refractivity contribution >= 4 is 5.91 Å². The molecule has 1 saturated heterocycles. The van der Waals surface area contributed by atoms with Gasteiger partial charge in [-0.25, -0.2) is 0 Å². The smallest absolute Gasteiger partial charge is 0.222 e. The molecule has 0 aromatic carbocycles. The molecule has 3 nitrogen and oxygen atoms in total. The van der Waals surface area contributed by atoms with Crippen molar-refractivity contribution in [2.75, 3.05) is 6.54 Å². The molecule has 1 aliphatic carbocycles. The highest BCUT2D eigenvalue weighted by Crippen LogP contribution is 2.31. The normalized spacial score (nSPS) is 33.7. The fraction of sp³-hybridized carbons (Fsp3) is 0.909. The molecule has 0 aromatic heterocycles. The molecule has 1 amide bonds. The van der Waals surface area contributed by atoms with Crippen LogP contribution in [0.5, 0.6) is 0 Å². The minimum absolute atomic E-state index is 0.0931. The Hall–Kier alpha value is -0.570. The molecule has 80 valence electrons. The number of hydrogen-bond donors (Lipinski definition) is 2. The van der Waals surface area contributed by atoms with Crippen LogP contribution in [0.2, 0.25) is 0 Å². The molecule has 0 radical (unpaired) electrons. The quantitative estimate of drug-likeness (QED) is 0.708. The van der Waals surface area contributed by atoms with Gasteiger partial charge >= 0.3 is 0 Å². The van der Waals surface area contributed by atoms with E-state index in [1.54, 1.807) is 0 Å². The first-order chi connectivity index (χ1) is 6.77. The van der Waals surface area contributed by atoms with Crippen LogP contribution in [-0.2, 0) is 4.79 Å². The Morgan fingerprint density at radius 2 is 2.00 bits per heavy atom. The van der Waals surface area contributed by atoms with Gasteiger partial charge in [-0.2, -0.15) is 0 Å². The number of nitrogens with two attached hydrogens (primary N) is 1. The molecule has 0 bridgehead atoms. The van der Waals surface area contributed by atoms with Gasteiger partial charge in [0.05, 0.1) is 5.92 Å². The van der Waals surface area contributed by atoms with Gasteiger partial charge in [0.15, 0.2) is 0 Å². The molecule has 1 aliphatic heterocycles. The number of nitrogens with one attached hydrogen (secondary N) is 1. The average Bonchev–Trinajstić information content (AvgIpc) is 2.75. The Balaban J connectivity index is 1.86. The Morgan fingerprint density at radius 3 is 2.64 bits per heavy atom. The third kappa shape index (κ3) is 2.08. The summed E-state index contributed by atoms with van der Waals surface area (Å²) in [6.45, 7) is 0.963. The molecule has 2 fully saturated rings. The standard InChI is InChI=1S/C11H20N2O/c12-11(14)9-5-6-13-10(9)7-8-3-1-2-4-8/h8-10,13H,1-7H2,(H2,12,14). The summed E-state index contributed by atoms with van der Waals surface area (Å²) in [5.74, 6) is 0.820. The lowest BCUT2D eigenvalue weighted by molar-refractivity contribution is -0.122. The van der Waals surface area contributed by atoms with E-state index in [0.29, 0.717) is 6.04 Å². The number of rotatable bonds is 3. The van der Waals surface area contributed by atoms with Crippen molar-refractivity contribution in [3.8, 4) is 0 Å². The molecule has 1 heterocycles. The first kappa shape index (κ1) is 9.97. The van der Waals surface area contributed by atoms with Crippen LogP contribution in [0.15, 0.2) is 0 Å². The van der Waals surface area contributed by atoms with E-state index in [0.717, 1.165) is 25.3 Å². The minimum atomic E-state index is -0.113. The molecular weight excluding hydrogens is 176 g/mol. The second-order valence-electron chi connectivity index (χ2n) is 4.74. The molecular formula is C11H20N2O. The summed E-state index contributed by atoms with van der Waals surface area (Å²) in [7, 11) is 0. The van der Waals surface area contributed by atoms with Crippen molar-refractivity contribution in [3.05, 3.63) is 0 Å². The summed E-state index contributed by atoms with van der Waals surface area (Å²) in [4.78, 5) is 11.2. The summed E-state index contributed by atoms with van der Waals surface area (Å²) in [5.41, 5.74) is 5.38. The van der Waals surface area contributed by atoms with Crippen LogP contribution in [0.3, 0.4) is 0 Å². The zero-order chi connectivity index (χ0) is 9.97. The lowest BCUT2D eigenvalue weighted by Crippen LogP contribution is -2.36.